The Morgan fingerprint density at radius 2 is 1.64 bits per heavy atom. The van der Waals surface area contributed by atoms with Crippen molar-refractivity contribution in [2.75, 3.05) is 13.1 Å². The number of hydrogen-bond acceptors (Lipinski definition) is 4. The quantitative estimate of drug-likeness (QED) is 0.352. The minimum Gasteiger partial charge on any atom is -0.444 e. The van der Waals surface area contributed by atoms with E-state index in [-0.39, 0.29) is 16.1 Å². The summed E-state index contributed by atoms with van der Waals surface area (Å²) >= 11 is 13.8. The summed E-state index contributed by atoms with van der Waals surface area (Å²) in [6, 6.07) is 8.94. The zero-order valence-electron chi connectivity index (χ0n) is 20.2. The van der Waals surface area contributed by atoms with Gasteiger partial charge in [0.05, 0.1) is 27.2 Å². The van der Waals surface area contributed by atoms with Crippen LogP contribution < -0.4 is 0 Å². The lowest BCUT2D eigenvalue weighted by molar-refractivity contribution is 0.0219. The topological polar surface area (TPSA) is 58.2 Å². The van der Waals surface area contributed by atoms with Crippen LogP contribution in [-0.2, 0) is 4.74 Å². The molecular weight excluding hydrogens is 527 g/mol. The Morgan fingerprint density at radius 3 is 2.14 bits per heavy atom. The number of carbonyl (C=O) groups is 1. The van der Waals surface area contributed by atoms with Crippen LogP contribution in [-0.4, -0.2) is 44.9 Å². The first kappa shape index (κ1) is 26.8. The molecule has 192 valence electrons. The predicted octanol–water partition coefficient (Wildman–Crippen LogP) is 7.67. The van der Waals surface area contributed by atoms with Crippen molar-refractivity contribution in [3.05, 3.63) is 81.2 Å². The SMILES string of the molecule is CC(C)(C)OC(=O)N1CCC(Sc2cnc(C(c3ccc(F)c(Cl)c3)c3ccc(F)c(Cl)c3)[nH]2)CC1. The number of amides is 1. The minimum atomic E-state index is -0.523. The molecule has 4 rings (SSSR count). The maximum Gasteiger partial charge on any atom is 0.410 e. The summed E-state index contributed by atoms with van der Waals surface area (Å²) in [5, 5.41) is 1.15. The number of rotatable bonds is 5. The summed E-state index contributed by atoms with van der Waals surface area (Å²) in [5.41, 5.74) is 0.871. The summed E-state index contributed by atoms with van der Waals surface area (Å²) < 4.78 is 33.2. The molecule has 0 bridgehead atoms. The minimum absolute atomic E-state index is 0.0105. The summed E-state index contributed by atoms with van der Waals surface area (Å²) in [5.74, 6) is -0.895. The molecule has 0 unspecified atom stereocenters. The van der Waals surface area contributed by atoms with Crippen molar-refractivity contribution in [2.45, 2.75) is 55.4 Å². The van der Waals surface area contributed by atoms with Crippen LogP contribution in [0.25, 0.3) is 0 Å². The number of piperidine rings is 1. The van der Waals surface area contributed by atoms with E-state index in [1.807, 2.05) is 20.8 Å². The molecule has 0 spiro atoms. The summed E-state index contributed by atoms with van der Waals surface area (Å²) in [6.45, 7) is 6.82. The molecule has 1 aliphatic heterocycles. The maximum atomic E-state index is 13.8. The third-order valence-electron chi connectivity index (χ3n) is 5.79. The van der Waals surface area contributed by atoms with Crippen molar-refractivity contribution in [1.82, 2.24) is 14.9 Å². The van der Waals surface area contributed by atoms with Crippen LogP contribution in [0.3, 0.4) is 0 Å². The molecule has 5 nitrogen and oxygen atoms in total. The van der Waals surface area contributed by atoms with E-state index in [0.717, 1.165) is 17.9 Å². The fourth-order valence-electron chi connectivity index (χ4n) is 4.08. The number of carbonyl (C=O) groups excluding carboxylic acids is 1. The van der Waals surface area contributed by atoms with E-state index in [0.29, 0.717) is 35.3 Å². The third kappa shape index (κ3) is 6.52. The van der Waals surface area contributed by atoms with E-state index in [2.05, 4.69) is 9.97 Å². The molecule has 0 saturated carbocycles. The second-order valence-electron chi connectivity index (χ2n) is 9.70. The molecule has 0 atom stereocenters. The number of aromatic amines is 1. The van der Waals surface area contributed by atoms with E-state index < -0.39 is 23.2 Å². The fraction of sp³-hybridized carbons (Fsp3) is 0.385. The van der Waals surface area contributed by atoms with Crippen LogP contribution in [0.2, 0.25) is 10.0 Å². The molecule has 1 aromatic heterocycles. The highest BCUT2D eigenvalue weighted by molar-refractivity contribution is 7.99. The molecule has 1 amide bonds. The lowest BCUT2D eigenvalue weighted by Crippen LogP contribution is -2.42. The van der Waals surface area contributed by atoms with E-state index in [1.165, 1.54) is 12.1 Å². The van der Waals surface area contributed by atoms with Gasteiger partial charge in [-0.1, -0.05) is 35.3 Å². The molecule has 0 aliphatic carbocycles. The van der Waals surface area contributed by atoms with Gasteiger partial charge in [-0.3, -0.25) is 0 Å². The Morgan fingerprint density at radius 1 is 1.08 bits per heavy atom. The lowest BCUT2D eigenvalue weighted by Gasteiger charge is -2.33. The first-order valence-corrected chi connectivity index (χ1v) is 13.2. The first-order valence-electron chi connectivity index (χ1n) is 11.6. The van der Waals surface area contributed by atoms with Crippen LogP contribution in [0.5, 0.6) is 0 Å². The van der Waals surface area contributed by atoms with Gasteiger partial charge in [0.2, 0.25) is 0 Å². The van der Waals surface area contributed by atoms with Gasteiger partial charge in [-0.15, -0.1) is 11.8 Å². The molecule has 2 heterocycles. The van der Waals surface area contributed by atoms with Crippen LogP contribution in [0.15, 0.2) is 47.6 Å². The van der Waals surface area contributed by atoms with Gasteiger partial charge in [-0.25, -0.2) is 18.6 Å². The Kier molecular flexibility index (Phi) is 8.17. The van der Waals surface area contributed by atoms with Gasteiger partial charge in [-0.05, 0) is 69.0 Å². The Balaban J connectivity index is 1.50. The summed E-state index contributed by atoms with van der Waals surface area (Å²) in [6.07, 6.45) is 3.11. The van der Waals surface area contributed by atoms with Gasteiger partial charge in [0.1, 0.15) is 23.1 Å². The average molecular weight is 554 g/mol. The van der Waals surface area contributed by atoms with Gasteiger partial charge >= 0.3 is 6.09 Å². The van der Waals surface area contributed by atoms with Crippen LogP contribution in [0, 0.1) is 11.6 Å². The van der Waals surface area contributed by atoms with Gasteiger partial charge < -0.3 is 14.6 Å². The van der Waals surface area contributed by atoms with Gasteiger partial charge in [-0.2, -0.15) is 0 Å². The van der Waals surface area contributed by atoms with Crippen molar-refractivity contribution >= 4 is 41.1 Å². The van der Waals surface area contributed by atoms with E-state index >= 15 is 0 Å². The zero-order valence-corrected chi connectivity index (χ0v) is 22.5. The molecule has 10 heteroatoms. The zero-order chi connectivity index (χ0) is 26.0. The third-order valence-corrected chi connectivity index (χ3v) is 7.63. The van der Waals surface area contributed by atoms with E-state index in [9.17, 15) is 13.6 Å². The van der Waals surface area contributed by atoms with Gasteiger partial charge in [0.25, 0.3) is 0 Å². The molecule has 1 saturated heterocycles. The average Bonchev–Trinajstić information content (AvgIpc) is 3.26. The Hall–Kier alpha value is -2.29. The number of likely N-dealkylation sites (tertiary alicyclic amines) is 1. The molecule has 2 aromatic carbocycles. The maximum absolute atomic E-state index is 13.8. The molecule has 36 heavy (non-hydrogen) atoms. The number of aromatic nitrogens is 2. The standard InChI is InChI=1S/C26H27Cl2F2N3O2S/c1-26(2,3)35-25(34)33-10-8-17(9-11-33)36-22-14-31-24(32-22)23(15-4-6-20(29)18(27)12-15)16-5-7-21(30)19(28)13-16/h4-7,12-14,17,23H,8-11H2,1-3H3,(H,31,32). The van der Waals surface area contributed by atoms with Crippen molar-refractivity contribution < 1.29 is 18.3 Å². The molecule has 1 fully saturated rings. The van der Waals surface area contributed by atoms with E-state index in [4.69, 9.17) is 27.9 Å². The number of thioether (sulfide) groups is 1. The monoisotopic (exact) mass is 553 g/mol. The number of halogens is 4. The Bertz CT molecular complexity index is 1190. The highest BCUT2D eigenvalue weighted by Crippen LogP contribution is 2.36. The van der Waals surface area contributed by atoms with Gasteiger partial charge in [0.15, 0.2) is 0 Å². The van der Waals surface area contributed by atoms with Crippen molar-refractivity contribution in [3.8, 4) is 0 Å². The van der Waals surface area contributed by atoms with Crippen molar-refractivity contribution in [2.24, 2.45) is 0 Å². The number of H-pyrrole nitrogens is 1. The van der Waals surface area contributed by atoms with Crippen LogP contribution >= 0.6 is 35.0 Å². The highest BCUT2D eigenvalue weighted by Gasteiger charge is 2.28. The van der Waals surface area contributed by atoms with Crippen LogP contribution in [0.1, 0.15) is 56.5 Å². The fourth-order valence-corrected chi connectivity index (χ4v) is 5.54. The highest BCUT2D eigenvalue weighted by atomic mass is 35.5. The predicted molar refractivity (Wildman–Crippen MR) is 139 cm³/mol. The molecule has 0 radical (unpaired) electrons. The second kappa shape index (κ2) is 11.0. The van der Waals surface area contributed by atoms with Crippen molar-refractivity contribution in [3.63, 3.8) is 0 Å². The van der Waals surface area contributed by atoms with Crippen LogP contribution in [0.4, 0.5) is 13.6 Å². The number of nitrogens with zero attached hydrogens (tertiary/aromatic N) is 2. The van der Waals surface area contributed by atoms with Crippen molar-refractivity contribution in [1.29, 1.82) is 0 Å². The molecule has 3 aromatic rings. The number of ether oxygens (including phenoxy) is 1. The molecule has 1 N–H and O–H groups in total. The number of benzene rings is 2. The summed E-state index contributed by atoms with van der Waals surface area (Å²) in [7, 11) is 0. The van der Waals surface area contributed by atoms with E-state index in [1.54, 1.807) is 47.1 Å². The van der Waals surface area contributed by atoms with Gasteiger partial charge in [0, 0.05) is 18.3 Å². The first-order chi connectivity index (χ1) is 17.0. The number of hydrogen-bond donors (Lipinski definition) is 1. The second-order valence-corrected chi connectivity index (χ2v) is 11.9. The number of nitrogens with one attached hydrogen (secondary N) is 1. The summed E-state index contributed by atoms with van der Waals surface area (Å²) in [4.78, 5) is 22.0. The Labute approximate surface area is 223 Å². The normalized spacial score (nSPS) is 14.9. The molecule has 1 aliphatic rings. The molecular formula is C26H27Cl2F2N3O2S. The smallest absolute Gasteiger partial charge is 0.410 e. The number of imidazole rings is 1. The lowest BCUT2D eigenvalue weighted by atomic mass is 9.90. The largest absolute Gasteiger partial charge is 0.444 e.